The quantitative estimate of drug-likeness (QED) is 0.630. The second kappa shape index (κ2) is 4.79. The number of ketones is 1. The fourth-order valence-electron chi connectivity index (χ4n) is 1.27. The van der Waals surface area contributed by atoms with Crippen molar-refractivity contribution in [3.05, 3.63) is 41.4 Å². The van der Waals surface area contributed by atoms with Gasteiger partial charge in [0.1, 0.15) is 11.6 Å². The summed E-state index contributed by atoms with van der Waals surface area (Å²) in [5, 5.41) is 9.50. The number of allylic oxidation sites excluding steroid dienone is 1. The number of benzene rings is 1. The molecular formula is C12H14FNO2. The van der Waals surface area contributed by atoms with E-state index < -0.39 is 11.6 Å². The molecule has 0 aliphatic heterocycles. The second-order valence-corrected chi connectivity index (χ2v) is 3.78. The van der Waals surface area contributed by atoms with Gasteiger partial charge in [0.15, 0.2) is 5.78 Å². The topological polar surface area (TPSA) is 40.5 Å². The summed E-state index contributed by atoms with van der Waals surface area (Å²) in [7, 11) is 3.49. The van der Waals surface area contributed by atoms with Gasteiger partial charge in [-0.1, -0.05) is 0 Å². The Morgan fingerprint density at radius 1 is 1.44 bits per heavy atom. The summed E-state index contributed by atoms with van der Waals surface area (Å²) in [4.78, 5) is 13.2. The van der Waals surface area contributed by atoms with E-state index in [1.807, 2.05) is 0 Å². The molecule has 0 radical (unpaired) electrons. The lowest BCUT2D eigenvalue weighted by molar-refractivity contribution is 0.103. The molecule has 0 heterocycles. The van der Waals surface area contributed by atoms with Crippen LogP contribution < -0.4 is 0 Å². The van der Waals surface area contributed by atoms with Crippen molar-refractivity contribution >= 4 is 5.78 Å². The molecule has 0 atom stereocenters. The predicted molar refractivity (Wildman–Crippen MR) is 60.0 cm³/mol. The standard InChI is InChI=1S/C12H14FNO2/c1-8-6-9(13)12(11(16)7-8)10(15)4-5-14(2)3/h4-7,16H,1-3H3/b5-4+. The highest BCUT2D eigenvalue weighted by Gasteiger charge is 2.15. The van der Waals surface area contributed by atoms with Crippen molar-refractivity contribution in [2.75, 3.05) is 14.1 Å². The number of rotatable bonds is 3. The minimum atomic E-state index is -0.703. The van der Waals surface area contributed by atoms with Gasteiger partial charge in [0.25, 0.3) is 0 Å². The van der Waals surface area contributed by atoms with Gasteiger partial charge in [-0.05, 0) is 24.6 Å². The Kier molecular flexibility index (Phi) is 3.66. The summed E-state index contributed by atoms with van der Waals surface area (Å²) in [5.74, 6) is -1.58. The van der Waals surface area contributed by atoms with Crippen molar-refractivity contribution in [2.45, 2.75) is 6.92 Å². The van der Waals surface area contributed by atoms with E-state index in [-0.39, 0.29) is 11.3 Å². The van der Waals surface area contributed by atoms with E-state index in [9.17, 15) is 14.3 Å². The van der Waals surface area contributed by atoms with Gasteiger partial charge in [0.2, 0.25) is 0 Å². The maximum absolute atomic E-state index is 13.5. The third-order valence-electron chi connectivity index (χ3n) is 1.98. The zero-order valence-corrected chi connectivity index (χ0v) is 9.49. The van der Waals surface area contributed by atoms with Crippen molar-refractivity contribution in [3.63, 3.8) is 0 Å². The molecule has 0 saturated heterocycles. The van der Waals surface area contributed by atoms with Crippen molar-refractivity contribution in [2.24, 2.45) is 0 Å². The number of phenolic OH excluding ortho intramolecular Hbond substituents is 1. The minimum absolute atomic E-state index is 0.288. The van der Waals surface area contributed by atoms with Crippen molar-refractivity contribution in [1.82, 2.24) is 4.90 Å². The highest BCUT2D eigenvalue weighted by atomic mass is 19.1. The molecule has 0 saturated carbocycles. The second-order valence-electron chi connectivity index (χ2n) is 3.78. The molecule has 4 heteroatoms. The number of hydrogen-bond donors (Lipinski definition) is 1. The molecule has 1 N–H and O–H groups in total. The van der Waals surface area contributed by atoms with Gasteiger partial charge >= 0.3 is 0 Å². The first-order valence-corrected chi connectivity index (χ1v) is 4.80. The van der Waals surface area contributed by atoms with E-state index >= 15 is 0 Å². The molecule has 0 bridgehead atoms. The third-order valence-corrected chi connectivity index (χ3v) is 1.98. The van der Waals surface area contributed by atoms with Gasteiger partial charge in [0.05, 0.1) is 5.56 Å². The minimum Gasteiger partial charge on any atom is -0.507 e. The van der Waals surface area contributed by atoms with Gasteiger partial charge in [-0.2, -0.15) is 0 Å². The Hall–Kier alpha value is -1.84. The van der Waals surface area contributed by atoms with Crippen LogP contribution in [0.2, 0.25) is 0 Å². The number of carbonyl (C=O) groups excluding carboxylic acids is 1. The summed E-state index contributed by atoms with van der Waals surface area (Å²) in [6.07, 6.45) is 2.72. The summed E-state index contributed by atoms with van der Waals surface area (Å²) in [6.45, 7) is 1.65. The average Bonchev–Trinajstić information content (AvgIpc) is 2.12. The Labute approximate surface area is 93.8 Å². The number of aryl methyl sites for hydroxylation is 1. The predicted octanol–water partition coefficient (Wildman–Crippen LogP) is 2.10. The van der Waals surface area contributed by atoms with Crippen LogP contribution in [0.5, 0.6) is 5.75 Å². The molecule has 1 rings (SSSR count). The van der Waals surface area contributed by atoms with Crippen LogP contribution in [0.15, 0.2) is 24.4 Å². The van der Waals surface area contributed by atoms with Gasteiger partial charge in [0, 0.05) is 26.4 Å². The Morgan fingerprint density at radius 3 is 2.56 bits per heavy atom. The van der Waals surface area contributed by atoms with Gasteiger partial charge < -0.3 is 10.0 Å². The fourth-order valence-corrected chi connectivity index (χ4v) is 1.27. The molecule has 1 aromatic rings. The summed E-state index contributed by atoms with van der Waals surface area (Å²) in [6, 6.07) is 2.58. The molecule has 0 aliphatic carbocycles. The van der Waals surface area contributed by atoms with E-state index in [1.165, 1.54) is 24.4 Å². The largest absolute Gasteiger partial charge is 0.507 e. The molecule has 0 fully saturated rings. The highest BCUT2D eigenvalue weighted by molar-refractivity contribution is 6.06. The molecule has 86 valence electrons. The maximum Gasteiger partial charge on any atom is 0.193 e. The SMILES string of the molecule is Cc1cc(O)c(C(=O)/C=C/N(C)C)c(F)c1. The van der Waals surface area contributed by atoms with Crippen molar-refractivity contribution in [1.29, 1.82) is 0 Å². The van der Waals surface area contributed by atoms with Crippen molar-refractivity contribution in [3.8, 4) is 5.75 Å². The van der Waals surface area contributed by atoms with Crippen LogP contribution in [-0.2, 0) is 0 Å². The number of phenols is 1. The highest BCUT2D eigenvalue weighted by Crippen LogP contribution is 2.23. The summed E-state index contributed by atoms with van der Waals surface area (Å²) >= 11 is 0. The fraction of sp³-hybridized carbons (Fsp3) is 0.250. The van der Waals surface area contributed by atoms with E-state index in [0.29, 0.717) is 5.56 Å². The first-order valence-electron chi connectivity index (χ1n) is 4.80. The average molecular weight is 223 g/mol. The molecule has 1 aromatic carbocycles. The van der Waals surface area contributed by atoms with Gasteiger partial charge in [-0.3, -0.25) is 4.79 Å². The monoisotopic (exact) mass is 223 g/mol. The molecule has 0 amide bonds. The number of nitrogens with zero attached hydrogens (tertiary/aromatic N) is 1. The number of carbonyl (C=O) groups is 1. The summed E-state index contributed by atoms with van der Waals surface area (Å²) in [5.41, 5.74) is 0.284. The van der Waals surface area contributed by atoms with Gasteiger partial charge in [-0.25, -0.2) is 4.39 Å². The lowest BCUT2D eigenvalue weighted by Gasteiger charge is -2.06. The molecule has 0 aliphatic rings. The molecule has 0 unspecified atom stereocenters. The lowest BCUT2D eigenvalue weighted by Crippen LogP contribution is -2.05. The molecule has 3 nitrogen and oxygen atoms in total. The van der Waals surface area contributed by atoms with Crippen LogP contribution >= 0.6 is 0 Å². The van der Waals surface area contributed by atoms with Gasteiger partial charge in [-0.15, -0.1) is 0 Å². The van der Waals surface area contributed by atoms with E-state index in [4.69, 9.17) is 0 Å². The van der Waals surface area contributed by atoms with E-state index in [1.54, 1.807) is 25.9 Å². The van der Waals surface area contributed by atoms with Crippen molar-refractivity contribution < 1.29 is 14.3 Å². The Morgan fingerprint density at radius 2 is 2.06 bits per heavy atom. The van der Waals surface area contributed by atoms with Crippen LogP contribution in [-0.4, -0.2) is 29.9 Å². The first kappa shape index (κ1) is 12.2. The Balaban J connectivity index is 3.09. The van der Waals surface area contributed by atoms with Crippen LogP contribution in [0.1, 0.15) is 15.9 Å². The zero-order valence-electron chi connectivity index (χ0n) is 9.49. The third kappa shape index (κ3) is 2.82. The van der Waals surface area contributed by atoms with Crippen LogP contribution in [0, 0.1) is 12.7 Å². The Bertz CT molecular complexity index is 416. The first-order chi connectivity index (χ1) is 7.41. The molecular weight excluding hydrogens is 209 g/mol. The molecule has 16 heavy (non-hydrogen) atoms. The number of aromatic hydroxyl groups is 1. The summed E-state index contributed by atoms with van der Waals surface area (Å²) < 4.78 is 13.5. The van der Waals surface area contributed by atoms with E-state index in [2.05, 4.69) is 0 Å². The zero-order chi connectivity index (χ0) is 12.3. The normalized spacial score (nSPS) is 10.8. The number of halogens is 1. The van der Waals surface area contributed by atoms with Crippen LogP contribution in [0.3, 0.4) is 0 Å². The molecule has 0 aromatic heterocycles. The lowest BCUT2D eigenvalue weighted by atomic mass is 10.1. The van der Waals surface area contributed by atoms with Crippen LogP contribution in [0.4, 0.5) is 4.39 Å². The molecule has 0 spiro atoms. The van der Waals surface area contributed by atoms with Crippen LogP contribution in [0.25, 0.3) is 0 Å². The number of hydrogen-bond acceptors (Lipinski definition) is 3. The smallest absolute Gasteiger partial charge is 0.193 e. The van der Waals surface area contributed by atoms with E-state index in [0.717, 1.165) is 0 Å². The maximum atomic E-state index is 13.5.